The highest BCUT2D eigenvalue weighted by molar-refractivity contribution is 6.31. The van der Waals surface area contributed by atoms with Crippen molar-refractivity contribution in [2.45, 2.75) is 50.5 Å². The Balaban J connectivity index is 1.59. The molecule has 1 aromatic carbocycles. The standard InChI is InChI=1S/C25H26ClN3O3/c1-14(28-21-5-2-8-27-24(21)25(30)31)18-10-17(26)11-22-20(18)12-19(16-4-3-9-32-13-16)23(29-22)15-6-7-15/h2,5,8,10-12,14-16,28H,3-4,6-7,9,13H2,1H3,(H,30,31)/t14-,16?/m1/s1. The second-order valence-electron chi connectivity index (χ2n) is 8.78. The van der Waals surface area contributed by atoms with Gasteiger partial charge < -0.3 is 15.2 Å². The number of halogens is 1. The predicted octanol–water partition coefficient (Wildman–Crippen LogP) is 5.93. The highest BCUT2D eigenvalue weighted by Gasteiger charge is 2.31. The molecule has 0 spiro atoms. The minimum absolute atomic E-state index is 0.000119. The highest BCUT2D eigenvalue weighted by Crippen LogP contribution is 2.45. The Morgan fingerprint density at radius 2 is 2.09 bits per heavy atom. The zero-order valence-corrected chi connectivity index (χ0v) is 18.7. The van der Waals surface area contributed by atoms with Crippen LogP contribution < -0.4 is 5.32 Å². The summed E-state index contributed by atoms with van der Waals surface area (Å²) in [4.78, 5) is 20.7. The van der Waals surface area contributed by atoms with E-state index in [-0.39, 0.29) is 11.7 Å². The van der Waals surface area contributed by atoms with E-state index in [4.69, 9.17) is 21.3 Å². The summed E-state index contributed by atoms with van der Waals surface area (Å²) in [6.45, 7) is 3.57. The second-order valence-corrected chi connectivity index (χ2v) is 9.22. The molecule has 3 heterocycles. The zero-order valence-electron chi connectivity index (χ0n) is 18.0. The molecule has 166 valence electrons. The largest absolute Gasteiger partial charge is 0.476 e. The monoisotopic (exact) mass is 451 g/mol. The SMILES string of the molecule is C[C@@H](Nc1cccnc1C(=O)O)c1cc(Cl)cc2nc(C3CC3)c(C3CCCOC3)cc12. The van der Waals surface area contributed by atoms with Gasteiger partial charge in [-0.2, -0.15) is 0 Å². The Morgan fingerprint density at radius 1 is 1.25 bits per heavy atom. The van der Waals surface area contributed by atoms with Crippen LogP contribution in [-0.4, -0.2) is 34.3 Å². The smallest absolute Gasteiger partial charge is 0.356 e. The van der Waals surface area contributed by atoms with E-state index in [1.54, 1.807) is 12.1 Å². The number of rotatable bonds is 6. The molecule has 2 aliphatic rings. The summed E-state index contributed by atoms with van der Waals surface area (Å²) >= 11 is 6.49. The number of aromatic carboxylic acids is 1. The van der Waals surface area contributed by atoms with Gasteiger partial charge in [-0.15, -0.1) is 0 Å². The van der Waals surface area contributed by atoms with Crippen LogP contribution >= 0.6 is 11.6 Å². The van der Waals surface area contributed by atoms with Gasteiger partial charge in [0, 0.05) is 46.8 Å². The molecular formula is C25H26ClN3O3. The van der Waals surface area contributed by atoms with E-state index in [0.29, 0.717) is 22.5 Å². The van der Waals surface area contributed by atoms with Gasteiger partial charge in [-0.3, -0.25) is 4.98 Å². The first-order chi connectivity index (χ1) is 15.5. The molecule has 2 fully saturated rings. The molecule has 1 aliphatic heterocycles. The summed E-state index contributed by atoms with van der Waals surface area (Å²) < 4.78 is 5.79. The number of carboxylic acids is 1. The third-order valence-corrected chi connectivity index (χ3v) is 6.62. The number of carboxylic acid groups (broad SMARTS) is 1. The molecule has 7 heteroatoms. The van der Waals surface area contributed by atoms with Crippen molar-refractivity contribution >= 4 is 34.2 Å². The fourth-order valence-electron chi connectivity index (χ4n) is 4.66. The maximum Gasteiger partial charge on any atom is 0.356 e. The van der Waals surface area contributed by atoms with E-state index in [0.717, 1.165) is 42.5 Å². The number of nitrogens with one attached hydrogen (secondary N) is 1. The van der Waals surface area contributed by atoms with Gasteiger partial charge in [0.25, 0.3) is 0 Å². The summed E-state index contributed by atoms with van der Waals surface area (Å²) in [5.74, 6) is -0.172. The van der Waals surface area contributed by atoms with E-state index >= 15 is 0 Å². The lowest BCUT2D eigenvalue weighted by molar-refractivity contribution is 0.0691. The molecule has 6 nitrogen and oxygen atoms in total. The molecule has 5 rings (SSSR count). The molecule has 0 bridgehead atoms. The second kappa shape index (κ2) is 8.68. The number of carbonyl (C=O) groups is 1. The number of hydrogen-bond acceptors (Lipinski definition) is 5. The fourth-order valence-corrected chi connectivity index (χ4v) is 4.88. The lowest BCUT2D eigenvalue weighted by Gasteiger charge is -2.26. The molecular weight excluding hydrogens is 426 g/mol. The number of ether oxygens (including phenoxy) is 1. The van der Waals surface area contributed by atoms with Crippen LogP contribution in [0.4, 0.5) is 5.69 Å². The highest BCUT2D eigenvalue weighted by atomic mass is 35.5. The molecule has 1 aliphatic carbocycles. The quantitative estimate of drug-likeness (QED) is 0.483. The average molecular weight is 452 g/mol. The number of fused-ring (bicyclic) bond motifs is 1. The molecule has 0 amide bonds. The van der Waals surface area contributed by atoms with Gasteiger partial charge in [0.2, 0.25) is 0 Å². The normalized spacial score (nSPS) is 19.6. The molecule has 32 heavy (non-hydrogen) atoms. The van der Waals surface area contributed by atoms with Crippen LogP contribution in [0.1, 0.15) is 77.8 Å². The van der Waals surface area contributed by atoms with E-state index in [1.165, 1.54) is 30.3 Å². The Bertz CT molecular complexity index is 1170. The van der Waals surface area contributed by atoms with Gasteiger partial charge in [0.15, 0.2) is 5.69 Å². The maximum absolute atomic E-state index is 11.6. The summed E-state index contributed by atoms with van der Waals surface area (Å²) in [6, 6.07) is 9.41. The van der Waals surface area contributed by atoms with E-state index in [1.807, 2.05) is 19.1 Å². The van der Waals surface area contributed by atoms with E-state index < -0.39 is 5.97 Å². The number of nitrogens with zero attached hydrogens (tertiary/aromatic N) is 2. The first kappa shape index (κ1) is 21.2. The molecule has 2 atom stereocenters. The minimum Gasteiger partial charge on any atom is -0.476 e. The van der Waals surface area contributed by atoms with Crippen molar-refractivity contribution in [2.75, 3.05) is 18.5 Å². The summed E-state index contributed by atoms with van der Waals surface area (Å²) in [5.41, 5.74) is 4.84. The van der Waals surface area contributed by atoms with Crippen molar-refractivity contribution in [2.24, 2.45) is 0 Å². The van der Waals surface area contributed by atoms with Crippen molar-refractivity contribution in [1.82, 2.24) is 9.97 Å². The van der Waals surface area contributed by atoms with E-state index in [2.05, 4.69) is 16.4 Å². The third kappa shape index (κ3) is 4.17. The molecule has 0 radical (unpaired) electrons. The topological polar surface area (TPSA) is 84.3 Å². The van der Waals surface area contributed by atoms with Crippen LogP contribution in [0.2, 0.25) is 5.02 Å². The van der Waals surface area contributed by atoms with Crippen LogP contribution in [0.15, 0.2) is 36.5 Å². The summed E-state index contributed by atoms with van der Waals surface area (Å²) in [5, 5.41) is 14.5. The van der Waals surface area contributed by atoms with Crippen molar-refractivity contribution in [1.29, 1.82) is 0 Å². The third-order valence-electron chi connectivity index (χ3n) is 6.40. The van der Waals surface area contributed by atoms with Crippen molar-refractivity contribution in [3.8, 4) is 0 Å². The maximum atomic E-state index is 11.6. The van der Waals surface area contributed by atoms with Crippen molar-refractivity contribution in [3.05, 3.63) is 64.1 Å². The van der Waals surface area contributed by atoms with Gasteiger partial charge >= 0.3 is 5.97 Å². The molecule has 1 saturated heterocycles. The minimum atomic E-state index is -1.06. The van der Waals surface area contributed by atoms with Crippen LogP contribution in [-0.2, 0) is 4.74 Å². The van der Waals surface area contributed by atoms with Crippen molar-refractivity contribution in [3.63, 3.8) is 0 Å². The van der Waals surface area contributed by atoms with Crippen LogP contribution in [0.25, 0.3) is 10.9 Å². The summed E-state index contributed by atoms with van der Waals surface area (Å²) in [7, 11) is 0. The van der Waals surface area contributed by atoms with Gasteiger partial charge in [-0.05, 0) is 74.1 Å². The van der Waals surface area contributed by atoms with Gasteiger partial charge in [-0.25, -0.2) is 9.78 Å². The lowest BCUT2D eigenvalue weighted by Crippen LogP contribution is -2.18. The number of benzene rings is 1. The number of anilines is 1. The average Bonchev–Trinajstić information content (AvgIpc) is 3.64. The Morgan fingerprint density at radius 3 is 2.81 bits per heavy atom. The van der Waals surface area contributed by atoms with Crippen molar-refractivity contribution < 1.29 is 14.6 Å². The lowest BCUT2D eigenvalue weighted by atomic mass is 9.88. The molecule has 3 aromatic rings. The molecule has 2 aromatic heterocycles. The first-order valence-electron chi connectivity index (χ1n) is 11.2. The van der Waals surface area contributed by atoms with Crippen LogP contribution in [0.3, 0.4) is 0 Å². The van der Waals surface area contributed by atoms with E-state index in [9.17, 15) is 9.90 Å². The van der Waals surface area contributed by atoms with Crippen LogP contribution in [0, 0.1) is 0 Å². The Labute approximate surface area is 192 Å². The molecule has 1 unspecified atom stereocenters. The van der Waals surface area contributed by atoms with Gasteiger partial charge in [-0.1, -0.05) is 11.6 Å². The Hall–Kier alpha value is -2.70. The van der Waals surface area contributed by atoms with Gasteiger partial charge in [0.05, 0.1) is 17.8 Å². The van der Waals surface area contributed by atoms with Gasteiger partial charge in [0.1, 0.15) is 0 Å². The molecule has 2 N–H and O–H groups in total. The van der Waals surface area contributed by atoms with Crippen LogP contribution in [0.5, 0.6) is 0 Å². The Kier molecular flexibility index (Phi) is 5.74. The first-order valence-corrected chi connectivity index (χ1v) is 11.6. The number of pyridine rings is 2. The summed E-state index contributed by atoms with van der Waals surface area (Å²) in [6.07, 6.45) is 6.03. The number of aromatic nitrogens is 2. The fraction of sp³-hybridized carbons (Fsp3) is 0.400. The predicted molar refractivity (Wildman–Crippen MR) is 125 cm³/mol. The molecule has 1 saturated carbocycles. The number of hydrogen-bond donors (Lipinski definition) is 2. The zero-order chi connectivity index (χ0) is 22.2.